The highest BCUT2D eigenvalue weighted by atomic mass is 79.9. The zero-order valence-electron chi connectivity index (χ0n) is 11.6. The second-order valence-electron chi connectivity index (χ2n) is 4.52. The van der Waals surface area contributed by atoms with Gasteiger partial charge in [0, 0.05) is 10.9 Å². The van der Waals surface area contributed by atoms with Crippen LogP contribution in [-0.4, -0.2) is 13.2 Å². The van der Waals surface area contributed by atoms with Gasteiger partial charge in [-0.25, -0.2) is 0 Å². The first-order valence-corrected chi connectivity index (χ1v) is 7.52. The Morgan fingerprint density at radius 2 is 1.67 bits per heavy atom. The molecule has 0 N–H and O–H groups in total. The molecule has 0 aliphatic carbocycles. The van der Waals surface area contributed by atoms with Crippen LogP contribution in [0.3, 0.4) is 0 Å². The molecule has 0 bridgehead atoms. The first kappa shape index (κ1) is 15.6. The van der Waals surface area contributed by atoms with Crippen molar-refractivity contribution >= 4 is 15.9 Å². The molecule has 4 heteroatoms. The van der Waals surface area contributed by atoms with Crippen LogP contribution in [0.5, 0.6) is 5.75 Å². The molecule has 0 heterocycles. The molecule has 0 aromatic heterocycles. The summed E-state index contributed by atoms with van der Waals surface area (Å²) in [7, 11) is 0. The summed E-state index contributed by atoms with van der Waals surface area (Å²) in [5, 5.41) is 8.70. The largest absolute Gasteiger partial charge is 0.494 e. The molecule has 0 saturated carbocycles. The van der Waals surface area contributed by atoms with Gasteiger partial charge in [0.1, 0.15) is 5.75 Å². The highest BCUT2D eigenvalue weighted by molar-refractivity contribution is 9.10. The van der Waals surface area contributed by atoms with Crippen LogP contribution in [0.1, 0.15) is 17.5 Å². The molecule has 21 heavy (non-hydrogen) atoms. The van der Waals surface area contributed by atoms with E-state index >= 15 is 0 Å². The van der Waals surface area contributed by atoms with Crippen molar-refractivity contribution in [2.45, 2.75) is 13.0 Å². The van der Waals surface area contributed by atoms with Crippen molar-refractivity contribution in [2.75, 3.05) is 13.2 Å². The van der Waals surface area contributed by atoms with E-state index < -0.39 is 0 Å². The van der Waals surface area contributed by atoms with E-state index in [0.717, 1.165) is 22.2 Å². The molecule has 2 aromatic carbocycles. The maximum absolute atomic E-state index is 8.70. The zero-order chi connectivity index (χ0) is 14.9. The molecule has 0 fully saturated rings. The molecule has 108 valence electrons. The van der Waals surface area contributed by atoms with Gasteiger partial charge in [-0.3, -0.25) is 0 Å². The van der Waals surface area contributed by atoms with E-state index in [-0.39, 0.29) is 0 Å². The van der Waals surface area contributed by atoms with E-state index in [4.69, 9.17) is 14.7 Å². The van der Waals surface area contributed by atoms with Crippen LogP contribution in [0.4, 0.5) is 0 Å². The van der Waals surface area contributed by atoms with Gasteiger partial charge in [-0.2, -0.15) is 5.26 Å². The summed E-state index contributed by atoms with van der Waals surface area (Å²) in [4.78, 5) is 0. The third kappa shape index (κ3) is 5.58. The average Bonchev–Trinajstić information content (AvgIpc) is 2.53. The summed E-state index contributed by atoms with van der Waals surface area (Å²) in [5.74, 6) is 0.780. The van der Waals surface area contributed by atoms with E-state index in [1.165, 1.54) is 0 Å². The van der Waals surface area contributed by atoms with Gasteiger partial charge in [0.05, 0.1) is 31.5 Å². The topological polar surface area (TPSA) is 42.2 Å². The number of ether oxygens (including phenoxy) is 2. The molecule has 0 radical (unpaired) electrons. The summed E-state index contributed by atoms with van der Waals surface area (Å²) in [5.41, 5.74) is 1.80. The molecule has 2 rings (SSSR count). The van der Waals surface area contributed by atoms with Crippen molar-refractivity contribution in [1.82, 2.24) is 0 Å². The lowest BCUT2D eigenvalue weighted by Gasteiger charge is -2.07. The highest BCUT2D eigenvalue weighted by Crippen LogP contribution is 2.12. The average molecular weight is 346 g/mol. The van der Waals surface area contributed by atoms with Gasteiger partial charge in [0.2, 0.25) is 0 Å². The van der Waals surface area contributed by atoms with Gasteiger partial charge in [-0.1, -0.05) is 28.1 Å². The van der Waals surface area contributed by atoms with Crippen LogP contribution in [0.15, 0.2) is 53.0 Å². The molecule has 0 aliphatic rings. The van der Waals surface area contributed by atoms with Gasteiger partial charge in [0.25, 0.3) is 0 Å². The number of nitriles is 1. The smallest absolute Gasteiger partial charge is 0.119 e. The molecular weight excluding hydrogens is 330 g/mol. The fraction of sp³-hybridized carbons (Fsp3) is 0.235. The molecule has 0 saturated heterocycles. The van der Waals surface area contributed by atoms with Crippen molar-refractivity contribution in [3.63, 3.8) is 0 Å². The number of benzene rings is 2. The molecular formula is C17H16BrNO2. The Kier molecular flexibility index (Phi) is 6.26. The summed E-state index contributed by atoms with van der Waals surface area (Å²) >= 11 is 3.40. The molecule has 0 atom stereocenters. The Bertz CT molecular complexity index is 588. The first-order valence-electron chi connectivity index (χ1n) is 6.73. The van der Waals surface area contributed by atoms with E-state index in [2.05, 4.69) is 22.0 Å². The predicted molar refractivity (Wildman–Crippen MR) is 85.1 cm³/mol. The fourth-order valence-electron chi connectivity index (χ4n) is 1.75. The number of rotatable bonds is 7. The highest BCUT2D eigenvalue weighted by Gasteiger charge is 1.96. The Hall–Kier alpha value is -1.83. The molecule has 0 amide bonds. The van der Waals surface area contributed by atoms with Gasteiger partial charge < -0.3 is 9.47 Å². The summed E-state index contributed by atoms with van der Waals surface area (Å²) in [6, 6.07) is 17.3. The molecule has 0 spiro atoms. The van der Waals surface area contributed by atoms with Gasteiger partial charge in [-0.15, -0.1) is 0 Å². The monoisotopic (exact) mass is 345 g/mol. The Labute approximate surface area is 133 Å². The second kappa shape index (κ2) is 8.46. The lowest BCUT2D eigenvalue weighted by Crippen LogP contribution is -2.03. The standard InChI is InChI=1S/C17H16BrNO2/c18-16-6-2-15(3-7-16)13-20-10-1-11-21-17-8-4-14(12-19)5-9-17/h2-9H,1,10-11,13H2. The minimum Gasteiger partial charge on any atom is -0.494 e. The van der Waals surface area contributed by atoms with E-state index in [1.54, 1.807) is 24.3 Å². The second-order valence-corrected chi connectivity index (χ2v) is 5.43. The van der Waals surface area contributed by atoms with Crippen molar-refractivity contribution in [3.8, 4) is 11.8 Å². The molecule has 3 nitrogen and oxygen atoms in total. The number of hydrogen-bond acceptors (Lipinski definition) is 3. The lowest BCUT2D eigenvalue weighted by atomic mass is 10.2. The van der Waals surface area contributed by atoms with Crippen molar-refractivity contribution in [2.24, 2.45) is 0 Å². The van der Waals surface area contributed by atoms with Crippen molar-refractivity contribution in [3.05, 3.63) is 64.1 Å². The Balaban J connectivity index is 1.59. The number of nitrogens with zero attached hydrogens (tertiary/aromatic N) is 1. The van der Waals surface area contributed by atoms with Gasteiger partial charge in [0.15, 0.2) is 0 Å². The van der Waals surface area contributed by atoms with E-state index in [0.29, 0.717) is 25.4 Å². The maximum atomic E-state index is 8.70. The van der Waals surface area contributed by atoms with E-state index in [9.17, 15) is 0 Å². The minimum absolute atomic E-state index is 0.603. The summed E-state index contributed by atoms with van der Waals surface area (Å²) < 4.78 is 12.2. The van der Waals surface area contributed by atoms with Gasteiger partial charge in [-0.05, 0) is 42.0 Å². The Morgan fingerprint density at radius 1 is 0.952 bits per heavy atom. The Morgan fingerprint density at radius 3 is 2.33 bits per heavy atom. The predicted octanol–water partition coefficient (Wildman–Crippen LogP) is 4.31. The van der Waals surface area contributed by atoms with E-state index in [1.807, 2.05) is 24.3 Å². The minimum atomic E-state index is 0.603. The van der Waals surface area contributed by atoms with Crippen molar-refractivity contribution < 1.29 is 9.47 Å². The normalized spacial score (nSPS) is 10.1. The third-order valence-corrected chi connectivity index (χ3v) is 3.40. The van der Waals surface area contributed by atoms with Crippen LogP contribution in [0, 0.1) is 11.3 Å². The third-order valence-electron chi connectivity index (χ3n) is 2.87. The lowest BCUT2D eigenvalue weighted by molar-refractivity contribution is 0.107. The SMILES string of the molecule is N#Cc1ccc(OCCCOCc2ccc(Br)cc2)cc1. The number of hydrogen-bond donors (Lipinski definition) is 0. The quantitative estimate of drug-likeness (QED) is 0.702. The van der Waals surface area contributed by atoms with Crippen molar-refractivity contribution in [1.29, 1.82) is 5.26 Å². The van der Waals surface area contributed by atoms with Crippen LogP contribution in [-0.2, 0) is 11.3 Å². The molecule has 0 unspecified atom stereocenters. The first-order chi connectivity index (χ1) is 10.3. The van der Waals surface area contributed by atoms with Crippen LogP contribution in [0.2, 0.25) is 0 Å². The summed E-state index contributed by atoms with van der Waals surface area (Å²) in [6.45, 7) is 1.88. The maximum Gasteiger partial charge on any atom is 0.119 e. The fourth-order valence-corrected chi connectivity index (χ4v) is 2.01. The summed E-state index contributed by atoms with van der Waals surface area (Å²) in [6.07, 6.45) is 0.830. The van der Waals surface area contributed by atoms with Crippen LogP contribution >= 0.6 is 15.9 Å². The number of halogens is 1. The van der Waals surface area contributed by atoms with Gasteiger partial charge >= 0.3 is 0 Å². The molecule has 0 aliphatic heterocycles. The zero-order valence-corrected chi connectivity index (χ0v) is 13.2. The van der Waals surface area contributed by atoms with Crippen LogP contribution < -0.4 is 4.74 Å². The van der Waals surface area contributed by atoms with Crippen LogP contribution in [0.25, 0.3) is 0 Å². The molecule has 2 aromatic rings.